The zero-order chi connectivity index (χ0) is 12.8. The summed E-state index contributed by atoms with van der Waals surface area (Å²) >= 11 is 1.50. The number of oxazole rings is 1. The van der Waals surface area contributed by atoms with Gasteiger partial charge in [-0.3, -0.25) is 4.79 Å². The summed E-state index contributed by atoms with van der Waals surface area (Å²) in [5.41, 5.74) is 6.19. The Kier molecular flexibility index (Phi) is 5.50. The molecule has 0 radical (unpaired) electrons. The Bertz CT molecular complexity index is 359. The minimum absolute atomic E-state index is 0.273. The van der Waals surface area contributed by atoms with Crippen molar-refractivity contribution in [1.82, 2.24) is 10.3 Å². The molecule has 1 aromatic rings. The molecule has 0 aliphatic rings. The summed E-state index contributed by atoms with van der Waals surface area (Å²) in [6, 6.07) is -0.273. The molecule has 0 spiro atoms. The van der Waals surface area contributed by atoms with Gasteiger partial charge in [-0.1, -0.05) is 18.7 Å². The molecule has 0 bridgehead atoms. The number of aromatic nitrogens is 1. The van der Waals surface area contributed by atoms with Crippen LogP contribution in [0.5, 0.6) is 0 Å². The number of nitrogens with one attached hydrogen (secondary N) is 1. The van der Waals surface area contributed by atoms with Gasteiger partial charge in [-0.2, -0.15) is 0 Å². The molecular weight excluding hydrogens is 238 g/mol. The number of nitrogens with two attached hydrogens (primary N) is 1. The van der Waals surface area contributed by atoms with E-state index in [1.165, 1.54) is 11.8 Å². The third-order valence-corrected chi connectivity index (χ3v) is 3.30. The van der Waals surface area contributed by atoms with Gasteiger partial charge in [-0.05, 0) is 26.8 Å². The van der Waals surface area contributed by atoms with Gasteiger partial charge in [0.05, 0.1) is 11.7 Å². The van der Waals surface area contributed by atoms with Crippen LogP contribution in [0.1, 0.15) is 24.8 Å². The number of hydrogen-bond donors (Lipinski definition) is 2. The zero-order valence-electron chi connectivity index (χ0n) is 10.4. The van der Waals surface area contributed by atoms with Crippen LogP contribution >= 0.6 is 11.8 Å². The predicted molar refractivity (Wildman–Crippen MR) is 68.0 cm³/mol. The van der Waals surface area contributed by atoms with Crippen molar-refractivity contribution >= 4 is 17.7 Å². The van der Waals surface area contributed by atoms with Gasteiger partial charge in [-0.25, -0.2) is 4.98 Å². The molecule has 1 aromatic heterocycles. The monoisotopic (exact) mass is 257 g/mol. The van der Waals surface area contributed by atoms with E-state index in [1.807, 2.05) is 20.8 Å². The van der Waals surface area contributed by atoms with Crippen molar-refractivity contribution in [2.45, 2.75) is 38.5 Å². The molecule has 1 heterocycles. The number of thioether (sulfide) groups is 1. The van der Waals surface area contributed by atoms with Crippen molar-refractivity contribution in [3.63, 3.8) is 0 Å². The number of primary amides is 1. The average Bonchev–Trinajstić information content (AvgIpc) is 2.57. The van der Waals surface area contributed by atoms with Crippen LogP contribution in [-0.4, -0.2) is 29.2 Å². The Morgan fingerprint density at radius 3 is 2.76 bits per heavy atom. The van der Waals surface area contributed by atoms with Crippen LogP contribution in [0.4, 0.5) is 0 Å². The van der Waals surface area contributed by atoms with E-state index in [0.717, 1.165) is 23.8 Å². The number of carbonyl (C=O) groups excluding carboxylic acids is 1. The summed E-state index contributed by atoms with van der Waals surface area (Å²) in [5.74, 6) is 1.28. The third kappa shape index (κ3) is 4.40. The van der Waals surface area contributed by atoms with Crippen molar-refractivity contribution in [3.05, 3.63) is 11.5 Å². The lowest BCUT2D eigenvalue weighted by molar-refractivity contribution is -0.120. The number of amides is 1. The summed E-state index contributed by atoms with van der Waals surface area (Å²) in [5, 5.41) is 3.70. The van der Waals surface area contributed by atoms with E-state index in [1.54, 1.807) is 0 Å². The number of carbonyl (C=O) groups is 1. The first kappa shape index (κ1) is 14.1. The highest BCUT2D eigenvalue weighted by Gasteiger charge is 2.14. The molecule has 0 fully saturated rings. The van der Waals surface area contributed by atoms with E-state index < -0.39 is 0 Å². The molecule has 3 N–H and O–H groups in total. The van der Waals surface area contributed by atoms with Crippen molar-refractivity contribution in [1.29, 1.82) is 0 Å². The molecule has 5 nitrogen and oxygen atoms in total. The molecule has 96 valence electrons. The lowest BCUT2D eigenvalue weighted by Crippen LogP contribution is -2.41. The predicted octanol–water partition coefficient (Wildman–Crippen LogP) is 1.24. The fourth-order valence-corrected chi connectivity index (χ4v) is 2.27. The van der Waals surface area contributed by atoms with Crippen LogP contribution < -0.4 is 11.1 Å². The Labute approximate surface area is 106 Å². The van der Waals surface area contributed by atoms with E-state index in [4.69, 9.17) is 10.2 Å². The van der Waals surface area contributed by atoms with Crippen molar-refractivity contribution < 1.29 is 9.21 Å². The van der Waals surface area contributed by atoms with Crippen LogP contribution in [0.3, 0.4) is 0 Å². The third-order valence-electron chi connectivity index (χ3n) is 2.43. The number of aryl methyl sites for hydroxylation is 2. The minimum Gasteiger partial charge on any atom is -0.437 e. The molecule has 1 amide bonds. The molecule has 0 aliphatic carbocycles. The van der Waals surface area contributed by atoms with E-state index in [0.29, 0.717) is 11.6 Å². The molecule has 1 rings (SSSR count). The number of hydrogen-bond acceptors (Lipinski definition) is 5. The summed E-state index contributed by atoms with van der Waals surface area (Å²) in [4.78, 5) is 15.4. The Hall–Kier alpha value is -1.01. The van der Waals surface area contributed by atoms with Gasteiger partial charge in [0.1, 0.15) is 5.76 Å². The zero-order valence-corrected chi connectivity index (χ0v) is 11.3. The lowest BCUT2D eigenvalue weighted by atomic mass is 10.2. The first-order valence-electron chi connectivity index (χ1n) is 5.64. The summed E-state index contributed by atoms with van der Waals surface area (Å²) in [6.45, 7) is 6.48. The second kappa shape index (κ2) is 6.66. The topological polar surface area (TPSA) is 81.2 Å². The van der Waals surface area contributed by atoms with Gasteiger partial charge in [0.2, 0.25) is 5.91 Å². The maximum absolute atomic E-state index is 11.1. The van der Waals surface area contributed by atoms with Gasteiger partial charge in [0.15, 0.2) is 0 Å². The Balaban J connectivity index is 2.38. The van der Waals surface area contributed by atoms with Gasteiger partial charge in [0.25, 0.3) is 5.22 Å². The number of likely N-dealkylation sites (N-methyl/N-ethyl adjacent to an activating group) is 1. The molecule has 0 saturated heterocycles. The fraction of sp³-hybridized carbons (Fsp3) is 0.636. The smallest absolute Gasteiger partial charge is 0.256 e. The highest BCUT2D eigenvalue weighted by molar-refractivity contribution is 7.99. The quantitative estimate of drug-likeness (QED) is 0.718. The summed E-state index contributed by atoms with van der Waals surface area (Å²) in [6.07, 6.45) is 0.675. The highest BCUT2D eigenvalue weighted by Crippen LogP contribution is 2.21. The maximum Gasteiger partial charge on any atom is 0.256 e. The first-order chi connectivity index (χ1) is 8.04. The average molecular weight is 257 g/mol. The van der Waals surface area contributed by atoms with Crippen LogP contribution in [0.15, 0.2) is 9.64 Å². The number of nitrogens with zero attached hydrogens (tertiary/aromatic N) is 1. The normalized spacial score (nSPS) is 12.6. The number of rotatable bonds is 7. The largest absolute Gasteiger partial charge is 0.437 e. The van der Waals surface area contributed by atoms with Crippen LogP contribution in [-0.2, 0) is 4.79 Å². The Morgan fingerprint density at radius 1 is 1.59 bits per heavy atom. The van der Waals surface area contributed by atoms with E-state index in [-0.39, 0.29) is 11.9 Å². The van der Waals surface area contributed by atoms with Gasteiger partial charge in [-0.15, -0.1) is 0 Å². The second-order valence-electron chi connectivity index (χ2n) is 3.77. The molecule has 0 aliphatic heterocycles. The highest BCUT2D eigenvalue weighted by atomic mass is 32.2. The fourth-order valence-electron chi connectivity index (χ4n) is 1.36. The summed E-state index contributed by atoms with van der Waals surface area (Å²) < 4.78 is 5.43. The standard InChI is InChI=1S/C11H19N3O2S/c1-4-13-9(10(12)15)5-6-17-11-14-7(2)8(3)16-11/h9,13H,4-6H2,1-3H3,(H2,12,15). The van der Waals surface area contributed by atoms with Gasteiger partial charge in [0, 0.05) is 5.75 Å². The SMILES string of the molecule is CCNC(CCSc1nc(C)c(C)o1)C(N)=O. The first-order valence-corrected chi connectivity index (χ1v) is 6.62. The van der Waals surface area contributed by atoms with Crippen LogP contribution in [0, 0.1) is 13.8 Å². The molecule has 17 heavy (non-hydrogen) atoms. The lowest BCUT2D eigenvalue weighted by Gasteiger charge is -2.12. The van der Waals surface area contributed by atoms with Crippen LogP contribution in [0.2, 0.25) is 0 Å². The minimum atomic E-state index is -0.313. The molecule has 0 saturated carbocycles. The van der Waals surface area contributed by atoms with Crippen molar-refractivity contribution in [3.8, 4) is 0 Å². The van der Waals surface area contributed by atoms with Crippen LogP contribution in [0.25, 0.3) is 0 Å². The molecule has 0 aromatic carbocycles. The summed E-state index contributed by atoms with van der Waals surface area (Å²) in [7, 11) is 0. The molecule has 1 atom stereocenters. The van der Waals surface area contributed by atoms with Crippen molar-refractivity contribution in [2.24, 2.45) is 5.73 Å². The molecular formula is C11H19N3O2S. The van der Waals surface area contributed by atoms with Crippen molar-refractivity contribution in [2.75, 3.05) is 12.3 Å². The molecule has 6 heteroatoms. The molecule has 1 unspecified atom stereocenters. The van der Waals surface area contributed by atoms with Gasteiger partial charge < -0.3 is 15.5 Å². The van der Waals surface area contributed by atoms with E-state index >= 15 is 0 Å². The maximum atomic E-state index is 11.1. The Morgan fingerprint density at radius 2 is 2.29 bits per heavy atom. The second-order valence-corrected chi connectivity index (χ2v) is 4.82. The van der Waals surface area contributed by atoms with E-state index in [2.05, 4.69) is 10.3 Å². The van der Waals surface area contributed by atoms with Gasteiger partial charge >= 0.3 is 0 Å². The van der Waals surface area contributed by atoms with E-state index in [9.17, 15) is 4.79 Å².